The molecule has 0 atom stereocenters. The molecule has 1 aliphatic rings. The van der Waals surface area contributed by atoms with E-state index in [9.17, 15) is 4.79 Å². The van der Waals surface area contributed by atoms with Gasteiger partial charge in [0.05, 0.1) is 13.3 Å². The fourth-order valence-electron chi connectivity index (χ4n) is 3.94. The van der Waals surface area contributed by atoms with Crippen molar-refractivity contribution in [1.29, 1.82) is 0 Å². The van der Waals surface area contributed by atoms with Crippen LogP contribution in [0.2, 0.25) is 5.02 Å². The van der Waals surface area contributed by atoms with Crippen molar-refractivity contribution in [2.45, 2.75) is 32.3 Å². The SMILES string of the molecule is COc1ccc(OC2CCN(c3nnc(C(=O)NCCc4ccccc4Cl)cc3C)CC2)cn1. The van der Waals surface area contributed by atoms with Crippen molar-refractivity contribution in [2.24, 2.45) is 0 Å². The first kappa shape index (κ1) is 23.8. The monoisotopic (exact) mass is 481 g/mol. The molecule has 2 aromatic heterocycles. The number of aryl methyl sites for hydroxylation is 1. The Balaban J connectivity index is 1.28. The zero-order valence-corrected chi connectivity index (χ0v) is 20.1. The smallest absolute Gasteiger partial charge is 0.271 e. The highest BCUT2D eigenvalue weighted by Gasteiger charge is 2.23. The molecule has 1 N–H and O–H groups in total. The van der Waals surface area contributed by atoms with E-state index in [1.54, 1.807) is 25.4 Å². The molecule has 3 aromatic rings. The number of methoxy groups -OCH3 is 1. The third-order valence-corrected chi connectivity index (χ3v) is 6.16. The molecule has 8 nitrogen and oxygen atoms in total. The van der Waals surface area contributed by atoms with Crippen molar-refractivity contribution in [3.05, 3.63) is 70.5 Å². The van der Waals surface area contributed by atoms with Crippen molar-refractivity contribution < 1.29 is 14.3 Å². The van der Waals surface area contributed by atoms with Crippen LogP contribution in [0, 0.1) is 6.92 Å². The molecule has 3 heterocycles. The van der Waals surface area contributed by atoms with Crippen LogP contribution in [0.15, 0.2) is 48.7 Å². The summed E-state index contributed by atoms with van der Waals surface area (Å²) in [6.07, 6.45) is 4.16. The molecule has 0 bridgehead atoms. The minimum Gasteiger partial charge on any atom is -0.489 e. The Bertz CT molecular complexity index is 1120. The molecule has 0 unspecified atom stereocenters. The third-order valence-electron chi connectivity index (χ3n) is 5.79. The van der Waals surface area contributed by atoms with Gasteiger partial charge in [0.25, 0.3) is 5.91 Å². The molecule has 1 saturated heterocycles. The van der Waals surface area contributed by atoms with E-state index in [0.717, 1.165) is 48.6 Å². The van der Waals surface area contributed by atoms with Crippen LogP contribution in [0.25, 0.3) is 0 Å². The Hall–Kier alpha value is -3.39. The fraction of sp³-hybridized carbons (Fsp3) is 0.360. The van der Waals surface area contributed by atoms with Gasteiger partial charge in [-0.15, -0.1) is 10.2 Å². The molecule has 178 valence electrons. The highest BCUT2D eigenvalue weighted by atomic mass is 35.5. The number of piperidine rings is 1. The van der Waals surface area contributed by atoms with Crippen molar-refractivity contribution >= 4 is 23.3 Å². The average Bonchev–Trinajstić information content (AvgIpc) is 2.86. The second-order valence-electron chi connectivity index (χ2n) is 8.17. The van der Waals surface area contributed by atoms with Gasteiger partial charge in [-0.05, 0) is 42.7 Å². The Morgan fingerprint density at radius 1 is 1.18 bits per heavy atom. The number of anilines is 1. The first-order valence-electron chi connectivity index (χ1n) is 11.3. The molecule has 1 aromatic carbocycles. The Kier molecular flexibility index (Phi) is 7.80. The molecule has 9 heteroatoms. The number of rotatable bonds is 8. The van der Waals surface area contributed by atoms with E-state index in [2.05, 4.69) is 25.4 Å². The van der Waals surface area contributed by atoms with Crippen LogP contribution in [0.4, 0.5) is 5.82 Å². The van der Waals surface area contributed by atoms with Crippen LogP contribution in [-0.4, -0.2) is 53.9 Å². The van der Waals surface area contributed by atoms with Crippen LogP contribution in [0.5, 0.6) is 11.6 Å². The number of aromatic nitrogens is 3. The lowest BCUT2D eigenvalue weighted by Gasteiger charge is -2.33. The average molecular weight is 482 g/mol. The van der Waals surface area contributed by atoms with Crippen LogP contribution in [0.1, 0.15) is 34.5 Å². The van der Waals surface area contributed by atoms with Crippen LogP contribution in [0.3, 0.4) is 0 Å². The second kappa shape index (κ2) is 11.2. The zero-order valence-electron chi connectivity index (χ0n) is 19.3. The van der Waals surface area contributed by atoms with Gasteiger partial charge in [-0.1, -0.05) is 29.8 Å². The number of carbonyl (C=O) groups excluding carboxylic acids is 1. The maximum absolute atomic E-state index is 12.5. The summed E-state index contributed by atoms with van der Waals surface area (Å²) in [5, 5.41) is 12.1. The summed E-state index contributed by atoms with van der Waals surface area (Å²) in [4.78, 5) is 18.9. The minimum absolute atomic E-state index is 0.114. The fourth-order valence-corrected chi connectivity index (χ4v) is 4.17. The summed E-state index contributed by atoms with van der Waals surface area (Å²) in [7, 11) is 1.59. The summed E-state index contributed by atoms with van der Waals surface area (Å²) in [6.45, 7) is 4.03. The van der Waals surface area contributed by atoms with Gasteiger partial charge in [0, 0.05) is 43.6 Å². The molecule has 1 amide bonds. The van der Waals surface area contributed by atoms with Crippen LogP contribution >= 0.6 is 11.6 Å². The number of hydrogen-bond donors (Lipinski definition) is 1. The maximum atomic E-state index is 12.5. The summed E-state index contributed by atoms with van der Waals surface area (Å²) < 4.78 is 11.1. The molecule has 0 saturated carbocycles. The van der Waals surface area contributed by atoms with Gasteiger partial charge in [0.2, 0.25) is 5.88 Å². The molecule has 0 aliphatic carbocycles. The van der Waals surface area contributed by atoms with Crippen molar-refractivity contribution in [2.75, 3.05) is 31.6 Å². The standard InChI is InChI=1S/C25H28ClN5O3/c1-17-15-22(25(32)27-12-9-18-5-3-4-6-21(18)26)29-30-24(17)31-13-10-19(11-14-31)34-20-7-8-23(33-2)28-16-20/h3-8,15-16,19H,9-14H2,1-2H3,(H,27,32). The number of nitrogens with one attached hydrogen (secondary N) is 1. The first-order valence-corrected chi connectivity index (χ1v) is 11.7. The van der Waals surface area contributed by atoms with E-state index < -0.39 is 0 Å². The highest BCUT2D eigenvalue weighted by molar-refractivity contribution is 6.31. The second-order valence-corrected chi connectivity index (χ2v) is 8.58. The minimum atomic E-state index is -0.241. The van der Waals surface area contributed by atoms with Crippen LogP contribution in [-0.2, 0) is 6.42 Å². The predicted molar refractivity (Wildman–Crippen MR) is 131 cm³/mol. The van der Waals surface area contributed by atoms with Crippen molar-refractivity contribution in [3.8, 4) is 11.6 Å². The van der Waals surface area contributed by atoms with Crippen LogP contribution < -0.4 is 19.7 Å². The van der Waals surface area contributed by atoms with Crippen molar-refractivity contribution in [3.63, 3.8) is 0 Å². The summed E-state index contributed by atoms with van der Waals surface area (Å²) >= 11 is 6.17. The molecular formula is C25H28ClN5O3. The Morgan fingerprint density at radius 3 is 2.65 bits per heavy atom. The normalized spacial score (nSPS) is 14.0. The number of hydrogen-bond acceptors (Lipinski definition) is 7. The zero-order chi connectivity index (χ0) is 23.9. The van der Waals surface area contributed by atoms with E-state index in [4.69, 9.17) is 21.1 Å². The summed E-state index contributed by atoms with van der Waals surface area (Å²) in [5.74, 6) is 1.86. The first-order chi connectivity index (χ1) is 16.5. The lowest BCUT2D eigenvalue weighted by molar-refractivity contribution is 0.0948. The molecule has 0 spiro atoms. The number of carbonyl (C=O) groups is 1. The topological polar surface area (TPSA) is 89.5 Å². The van der Waals surface area contributed by atoms with Gasteiger partial charge < -0.3 is 19.7 Å². The van der Waals surface area contributed by atoms with E-state index in [0.29, 0.717) is 29.6 Å². The van der Waals surface area contributed by atoms with Gasteiger partial charge in [-0.2, -0.15) is 0 Å². The molecule has 34 heavy (non-hydrogen) atoms. The Morgan fingerprint density at radius 2 is 1.97 bits per heavy atom. The summed E-state index contributed by atoms with van der Waals surface area (Å²) in [5.41, 5.74) is 2.23. The van der Waals surface area contributed by atoms with Crippen molar-refractivity contribution in [1.82, 2.24) is 20.5 Å². The maximum Gasteiger partial charge on any atom is 0.271 e. The third kappa shape index (κ3) is 5.94. The largest absolute Gasteiger partial charge is 0.489 e. The Labute approximate surface area is 204 Å². The van der Waals surface area contributed by atoms with E-state index >= 15 is 0 Å². The molecule has 1 aliphatic heterocycles. The predicted octanol–water partition coefficient (Wildman–Crippen LogP) is 3.86. The van der Waals surface area contributed by atoms with Gasteiger partial charge >= 0.3 is 0 Å². The van der Waals surface area contributed by atoms with Gasteiger partial charge in [0.1, 0.15) is 11.9 Å². The number of ether oxygens (including phenoxy) is 2. The molecular weight excluding hydrogens is 454 g/mol. The molecule has 0 radical (unpaired) electrons. The van der Waals surface area contributed by atoms with E-state index in [1.165, 1.54) is 0 Å². The molecule has 1 fully saturated rings. The number of pyridine rings is 1. The number of benzene rings is 1. The molecule has 4 rings (SSSR count). The lowest BCUT2D eigenvalue weighted by Crippen LogP contribution is -2.39. The number of halogens is 1. The summed E-state index contributed by atoms with van der Waals surface area (Å²) in [6, 6.07) is 13.1. The van der Waals surface area contributed by atoms with Gasteiger partial charge in [-0.3, -0.25) is 4.79 Å². The number of amides is 1. The van der Waals surface area contributed by atoms with E-state index in [1.807, 2.05) is 37.3 Å². The van der Waals surface area contributed by atoms with Gasteiger partial charge in [0.15, 0.2) is 11.5 Å². The number of nitrogens with zero attached hydrogens (tertiary/aromatic N) is 4. The quantitative estimate of drug-likeness (QED) is 0.522. The lowest BCUT2D eigenvalue weighted by atomic mass is 10.1. The van der Waals surface area contributed by atoms with E-state index in [-0.39, 0.29) is 12.0 Å². The highest BCUT2D eigenvalue weighted by Crippen LogP contribution is 2.24. The van der Waals surface area contributed by atoms with Gasteiger partial charge in [-0.25, -0.2) is 4.98 Å².